The molecule has 0 unspecified atom stereocenters. The minimum absolute atomic E-state index is 0.129. The van der Waals surface area contributed by atoms with Crippen LogP contribution in [-0.2, 0) is 6.18 Å². The van der Waals surface area contributed by atoms with Gasteiger partial charge in [-0.25, -0.2) is 4.68 Å². The Kier molecular flexibility index (Phi) is 3.05. The molecule has 0 amide bonds. The molecule has 4 nitrogen and oxygen atoms in total. The Bertz CT molecular complexity index is 611. The van der Waals surface area contributed by atoms with Gasteiger partial charge in [0, 0.05) is 0 Å². The van der Waals surface area contributed by atoms with Crippen molar-refractivity contribution in [3.05, 3.63) is 47.3 Å². The molecule has 0 radical (unpaired) electrons. The minimum Gasteiger partial charge on any atom is -0.384 e. The molecule has 0 saturated carbocycles. The SMILES string of the molecule is Cc1c(C(=N)N)cnn1-c1ccc(C(F)(F)F)cc1. The van der Waals surface area contributed by atoms with Gasteiger partial charge >= 0.3 is 6.18 Å². The number of hydrogen-bond donors (Lipinski definition) is 2. The molecule has 0 aliphatic rings. The van der Waals surface area contributed by atoms with E-state index in [1.807, 2.05) is 0 Å². The van der Waals surface area contributed by atoms with E-state index in [1.54, 1.807) is 6.92 Å². The average Bonchev–Trinajstić information content (AvgIpc) is 2.70. The second kappa shape index (κ2) is 4.42. The first-order valence-corrected chi connectivity index (χ1v) is 5.37. The summed E-state index contributed by atoms with van der Waals surface area (Å²) in [5.74, 6) is -0.129. The highest BCUT2D eigenvalue weighted by Crippen LogP contribution is 2.29. The number of nitrogen functional groups attached to an aromatic ring is 1. The van der Waals surface area contributed by atoms with Crippen LogP contribution in [0.15, 0.2) is 30.5 Å². The maximum atomic E-state index is 12.4. The third kappa shape index (κ3) is 2.44. The number of alkyl halides is 3. The van der Waals surface area contributed by atoms with E-state index in [2.05, 4.69) is 5.10 Å². The average molecular weight is 268 g/mol. The molecule has 100 valence electrons. The summed E-state index contributed by atoms with van der Waals surface area (Å²) in [6.07, 6.45) is -2.95. The molecule has 2 aromatic rings. The van der Waals surface area contributed by atoms with Crippen molar-refractivity contribution in [1.29, 1.82) is 5.41 Å². The lowest BCUT2D eigenvalue weighted by Crippen LogP contribution is -2.12. The molecule has 0 atom stereocenters. The third-order valence-electron chi connectivity index (χ3n) is 2.74. The molecule has 19 heavy (non-hydrogen) atoms. The number of nitrogens with two attached hydrogens (primary N) is 1. The molecule has 0 aliphatic carbocycles. The van der Waals surface area contributed by atoms with Crippen LogP contribution in [0.2, 0.25) is 0 Å². The summed E-state index contributed by atoms with van der Waals surface area (Å²) in [5, 5.41) is 11.4. The van der Waals surface area contributed by atoms with Gasteiger partial charge in [-0.1, -0.05) is 0 Å². The van der Waals surface area contributed by atoms with Gasteiger partial charge in [0.1, 0.15) is 5.84 Å². The van der Waals surface area contributed by atoms with Crippen LogP contribution in [0.1, 0.15) is 16.8 Å². The van der Waals surface area contributed by atoms with E-state index >= 15 is 0 Å². The van der Waals surface area contributed by atoms with Gasteiger partial charge in [-0.3, -0.25) is 5.41 Å². The Morgan fingerprint density at radius 3 is 2.26 bits per heavy atom. The van der Waals surface area contributed by atoms with Crippen molar-refractivity contribution in [2.45, 2.75) is 13.1 Å². The molecular formula is C12H11F3N4. The lowest BCUT2D eigenvalue weighted by molar-refractivity contribution is -0.137. The standard InChI is InChI=1S/C12H11F3N4/c1-7-10(11(16)17)6-18-19(7)9-4-2-8(3-5-9)12(13,14)15/h2-6H,1H3,(H3,16,17). The highest BCUT2D eigenvalue weighted by Gasteiger charge is 2.30. The molecule has 7 heteroatoms. The van der Waals surface area contributed by atoms with E-state index in [4.69, 9.17) is 11.1 Å². The lowest BCUT2D eigenvalue weighted by atomic mass is 10.2. The molecule has 0 fully saturated rings. The number of benzene rings is 1. The number of hydrogen-bond acceptors (Lipinski definition) is 2. The van der Waals surface area contributed by atoms with Gasteiger partial charge in [0.15, 0.2) is 0 Å². The van der Waals surface area contributed by atoms with Gasteiger partial charge in [-0.2, -0.15) is 18.3 Å². The quantitative estimate of drug-likeness (QED) is 0.649. The number of halogens is 3. The Labute approximate surface area is 107 Å². The second-order valence-corrected chi connectivity index (χ2v) is 4.01. The molecule has 1 aromatic heterocycles. The van der Waals surface area contributed by atoms with Crippen LogP contribution in [0.5, 0.6) is 0 Å². The van der Waals surface area contributed by atoms with Gasteiger partial charge in [0.25, 0.3) is 0 Å². The molecule has 0 aliphatic heterocycles. The molecule has 0 bridgehead atoms. The summed E-state index contributed by atoms with van der Waals surface area (Å²) in [6, 6.07) is 4.63. The summed E-state index contributed by atoms with van der Waals surface area (Å²) >= 11 is 0. The zero-order chi connectivity index (χ0) is 14.2. The van der Waals surface area contributed by atoms with Crippen molar-refractivity contribution in [2.24, 2.45) is 5.73 Å². The van der Waals surface area contributed by atoms with Gasteiger partial charge in [0.05, 0.1) is 28.7 Å². The summed E-state index contributed by atoms with van der Waals surface area (Å²) < 4.78 is 38.8. The van der Waals surface area contributed by atoms with Crippen molar-refractivity contribution in [2.75, 3.05) is 0 Å². The second-order valence-electron chi connectivity index (χ2n) is 4.01. The number of nitrogens with zero attached hydrogens (tertiary/aromatic N) is 2. The largest absolute Gasteiger partial charge is 0.416 e. The number of aromatic nitrogens is 2. The number of amidine groups is 1. The van der Waals surface area contributed by atoms with Crippen molar-refractivity contribution in [3.8, 4) is 5.69 Å². The normalized spacial score (nSPS) is 11.6. The Morgan fingerprint density at radius 2 is 1.84 bits per heavy atom. The van der Waals surface area contributed by atoms with Gasteiger partial charge in [-0.05, 0) is 31.2 Å². The maximum absolute atomic E-state index is 12.4. The van der Waals surface area contributed by atoms with Crippen LogP contribution in [0.4, 0.5) is 13.2 Å². The molecule has 1 heterocycles. The Morgan fingerprint density at radius 1 is 1.26 bits per heavy atom. The van der Waals surface area contributed by atoms with E-state index in [0.717, 1.165) is 12.1 Å². The summed E-state index contributed by atoms with van der Waals surface area (Å²) in [7, 11) is 0. The van der Waals surface area contributed by atoms with Crippen LogP contribution in [-0.4, -0.2) is 15.6 Å². The number of rotatable bonds is 2. The van der Waals surface area contributed by atoms with E-state index in [-0.39, 0.29) is 5.84 Å². The highest BCUT2D eigenvalue weighted by atomic mass is 19.4. The Balaban J connectivity index is 2.41. The fourth-order valence-electron chi connectivity index (χ4n) is 1.73. The minimum atomic E-state index is -4.36. The fraction of sp³-hybridized carbons (Fsp3) is 0.167. The first-order valence-electron chi connectivity index (χ1n) is 5.37. The summed E-state index contributed by atoms with van der Waals surface area (Å²) in [6.45, 7) is 1.70. The lowest BCUT2D eigenvalue weighted by Gasteiger charge is -2.09. The van der Waals surface area contributed by atoms with Gasteiger partial charge in [-0.15, -0.1) is 0 Å². The maximum Gasteiger partial charge on any atom is 0.416 e. The van der Waals surface area contributed by atoms with Crippen LogP contribution in [0, 0.1) is 12.3 Å². The topological polar surface area (TPSA) is 67.7 Å². The van der Waals surface area contributed by atoms with Crippen LogP contribution in [0.25, 0.3) is 5.69 Å². The van der Waals surface area contributed by atoms with Crippen molar-refractivity contribution < 1.29 is 13.2 Å². The van der Waals surface area contributed by atoms with E-state index in [1.165, 1.54) is 23.0 Å². The van der Waals surface area contributed by atoms with E-state index in [9.17, 15) is 13.2 Å². The van der Waals surface area contributed by atoms with Gasteiger partial charge < -0.3 is 5.73 Å². The molecule has 2 rings (SSSR count). The zero-order valence-corrected chi connectivity index (χ0v) is 9.99. The van der Waals surface area contributed by atoms with E-state index < -0.39 is 11.7 Å². The molecule has 0 saturated heterocycles. The van der Waals surface area contributed by atoms with Crippen molar-refractivity contribution in [3.63, 3.8) is 0 Å². The predicted molar refractivity (Wildman–Crippen MR) is 64.3 cm³/mol. The predicted octanol–water partition coefficient (Wildman–Crippen LogP) is 2.48. The molecule has 1 aromatic carbocycles. The first kappa shape index (κ1) is 13.1. The zero-order valence-electron chi connectivity index (χ0n) is 9.99. The molecule has 0 spiro atoms. The summed E-state index contributed by atoms with van der Waals surface area (Å²) in [4.78, 5) is 0. The molecular weight excluding hydrogens is 257 g/mol. The first-order chi connectivity index (χ1) is 8.80. The van der Waals surface area contributed by atoms with Crippen molar-refractivity contribution in [1.82, 2.24) is 9.78 Å². The van der Waals surface area contributed by atoms with Gasteiger partial charge in [0.2, 0.25) is 0 Å². The number of nitrogens with one attached hydrogen (secondary N) is 1. The summed E-state index contributed by atoms with van der Waals surface area (Å²) in [5.41, 5.74) is 6.20. The Hall–Kier alpha value is -2.31. The van der Waals surface area contributed by atoms with Crippen molar-refractivity contribution >= 4 is 5.84 Å². The monoisotopic (exact) mass is 268 g/mol. The van der Waals surface area contributed by atoms with Crippen LogP contribution < -0.4 is 5.73 Å². The smallest absolute Gasteiger partial charge is 0.384 e. The van der Waals surface area contributed by atoms with Crippen LogP contribution >= 0.6 is 0 Å². The van der Waals surface area contributed by atoms with Crippen LogP contribution in [0.3, 0.4) is 0 Å². The fourth-order valence-corrected chi connectivity index (χ4v) is 1.73. The highest BCUT2D eigenvalue weighted by molar-refractivity contribution is 5.95. The third-order valence-corrected chi connectivity index (χ3v) is 2.74. The molecule has 3 N–H and O–H groups in total. The van der Waals surface area contributed by atoms with E-state index in [0.29, 0.717) is 16.9 Å².